The topological polar surface area (TPSA) is 76.1 Å². The van der Waals surface area contributed by atoms with Gasteiger partial charge in [0.2, 0.25) is 0 Å². The lowest BCUT2D eigenvalue weighted by Gasteiger charge is -2.15. The molecule has 2 aromatic carbocycles. The van der Waals surface area contributed by atoms with Crippen LogP contribution in [0.1, 0.15) is 5.56 Å². The van der Waals surface area contributed by atoms with Crippen LogP contribution in [-0.4, -0.2) is 30.5 Å². The van der Waals surface area contributed by atoms with Crippen LogP contribution in [0.4, 0.5) is 10.5 Å². The highest BCUT2D eigenvalue weighted by Gasteiger charge is 2.37. The summed E-state index contributed by atoms with van der Waals surface area (Å²) < 4.78 is 10.3. The molecule has 3 rings (SSSR count). The van der Waals surface area contributed by atoms with Gasteiger partial charge in [-0.2, -0.15) is 0 Å². The first-order chi connectivity index (χ1) is 12.0. The third-order valence-corrected chi connectivity index (χ3v) is 4.49. The molecule has 6 nitrogen and oxygen atoms in total. The fourth-order valence-electron chi connectivity index (χ4n) is 2.43. The van der Waals surface area contributed by atoms with Crippen molar-refractivity contribution in [2.45, 2.75) is 0 Å². The van der Waals surface area contributed by atoms with Crippen molar-refractivity contribution in [3.8, 4) is 17.2 Å². The number of methoxy groups -OCH3 is 2. The first-order valence-electron chi connectivity index (χ1n) is 7.33. The molecule has 0 atom stereocenters. The minimum atomic E-state index is -0.424. The largest absolute Gasteiger partial charge is 0.504 e. The number of benzene rings is 2. The smallest absolute Gasteiger partial charge is 0.298 e. The molecule has 0 aliphatic carbocycles. The van der Waals surface area contributed by atoms with Crippen LogP contribution in [0.25, 0.3) is 6.08 Å². The highest BCUT2D eigenvalue weighted by Crippen LogP contribution is 2.40. The first kappa shape index (κ1) is 16.9. The van der Waals surface area contributed by atoms with Crippen LogP contribution in [0.5, 0.6) is 17.2 Å². The van der Waals surface area contributed by atoms with E-state index in [0.29, 0.717) is 17.0 Å². The lowest BCUT2D eigenvalue weighted by Crippen LogP contribution is -2.28. The van der Waals surface area contributed by atoms with Crippen molar-refractivity contribution in [3.63, 3.8) is 0 Å². The van der Waals surface area contributed by atoms with E-state index in [0.717, 1.165) is 16.7 Å². The number of rotatable bonds is 4. The molecule has 128 valence electrons. The molecule has 0 spiro atoms. The Morgan fingerprint density at radius 1 is 1.04 bits per heavy atom. The molecule has 1 N–H and O–H groups in total. The fourth-order valence-corrected chi connectivity index (χ4v) is 3.26. The van der Waals surface area contributed by atoms with E-state index in [-0.39, 0.29) is 16.4 Å². The molecular weight excluding hydrogens is 342 g/mol. The Bertz CT molecular complexity index is 878. The van der Waals surface area contributed by atoms with E-state index in [1.54, 1.807) is 42.5 Å². The minimum absolute atomic E-state index is 0.00164. The highest BCUT2D eigenvalue weighted by atomic mass is 32.2. The van der Waals surface area contributed by atoms with Crippen LogP contribution in [0.15, 0.2) is 47.4 Å². The molecule has 1 fully saturated rings. The van der Waals surface area contributed by atoms with Crippen LogP contribution in [0.3, 0.4) is 0 Å². The van der Waals surface area contributed by atoms with Gasteiger partial charge in [0.1, 0.15) is 5.75 Å². The number of imide groups is 1. The second kappa shape index (κ2) is 6.90. The van der Waals surface area contributed by atoms with E-state index < -0.39 is 11.1 Å². The number of nitrogens with zero attached hydrogens (tertiary/aromatic N) is 1. The molecule has 1 aliphatic rings. The van der Waals surface area contributed by atoms with Gasteiger partial charge in [-0.3, -0.25) is 9.59 Å². The predicted molar refractivity (Wildman–Crippen MR) is 96.1 cm³/mol. The second-order valence-electron chi connectivity index (χ2n) is 5.12. The van der Waals surface area contributed by atoms with Crippen molar-refractivity contribution in [2.75, 3.05) is 19.1 Å². The van der Waals surface area contributed by atoms with Crippen LogP contribution >= 0.6 is 11.8 Å². The average molecular weight is 357 g/mol. The number of ether oxygens (including phenoxy) is 2. The van der Waals surface area contributed by atoms with Crippen molar-refractivity contribution in [1.82, 2.24) is 0 Å². The van der Waals surface area contributed by atoms with Gasteiger partial charge in [-0.1, -0.05) is 18.2 Å². The Balaban J connectivity index is 1.96. The number of hydrogen-bond donors (Lipinski definition) is 1. The molecule has 0 saturated carbocycles. The average Bonchev–Trinajstić information content (AvgIpc) is 2.90. The van der Waals surface area contributed by atoms with Gasteiger partial charge >= 0.3 is 0 Å². The number of aromatic hydroxyl groups is 1. The lowest BCUT2D eigenvalue weighted by molar-refractivity contribution is -0.113. The maximum Gasteiger partial charge on any atom is 0.298 e. The van der Waals surface area contributed by atoms with Crippen LogP contribution in [-0.2, 0) is 4.79 Å². The molecule has 0 aromatic heterocycles. The third kappa shape index (κ3) is 3.18. The summed E-state index contributed by atoms with van der Waals surface area (Å²) in [5, 5.41) is 9.25. The summed E-state index contributed by atoms with van der Waals surface area (Å²) in [6, 6.07) is 11.5. The highest BCUT2D eigenvalue weighted by molar-refractivity contribution is 8.19. The SMILES string of the molecule is COc1cc(/C=C2/SC(=O)N(c3ccccc3OC)C2=O)ccc1O. The summed E-state index contributed by atoms with van der Waals surface area (Å²) >= 11 is 0.848. The standard InChI is InChI=1S/C18H15NO5S/c1-23-14-6-4-3-5-12(14)19-17(21)16(25-18(19)22)10-11-7-8-13(20)15(9-11)24-2/h3-10,20H,1-2H3/b16-10+. The van der Waals surface area contributed by atoms with Crippen molar-refractivity contribution in [3.05, 3.63) is 52.9 Å². The zero-order valence-corrected chi connectivity index (χ0v) is 14.4. The molecule has 2 amide bonds. The molecular formula is C18H15NO5S. The predicted octanol–water partition coefficient (Wildman–Crippen LogP) is 3.65. The number of phenolic OH excluding ortho intramolecular Hbond substituents is 1. The Morgan fingerprint density at radius 3 is 2.48 bits per heavy atom. The summed E-state index contributed by atoms with van der Waals surface area (Å²) in [6.07, 6.45) is 1.59. The number of para-hydroxylation sites is 2. The summed E-state index contributed by atoms with van der Waals surface area (Å²) in [5.41, 5.74) is 1.04. The molecule has 0 radical (unpaired) electrons. The molecule has 7 heteroatoms. The first-order valence-corrected chi connectivity index (χ1v) is 8.14. The summed E-state index contributed by atoms with van der Waals surface area (Å²) in [7, 11) is 2.92. The van der Waals surface area contributed by atoms with Gasteiger partial charge in [0.25, 0.3) is 11.1 Å². The van der Waals surface area contributed by atoms with Gasteiger partial charge in [-0.25, -0.2) is 4.90 Å². The quantitative estimate of drug-likeness (QED) is 0.842. The molecule has 1 aliphatic heterocycles. The Labute approximate surface area is 148 Å². The van der Waals surface area contributed by atoms with Crippen LogP contribution in [0.2, 0.25) is 0 Å². The number of carbonyl (C=O) groups is 2. The molecule has 0 unspecified atom stereocenters. The molecule has 0 bridgehead atoms. The second-order valence-corrected chi connectivity index (χ2v) is 6.11. The van der Waals surface area contributed by atoms with Gasteiger partial charge in [-0.05, 0) is 47.7 Å². The van der Waals surface area contributed by atoms with Crippen molar-refractivity contribution < 1.29 is 24.2 Å². The minimum Gasteiger partial charge on any atom is -0.504 e. The van der Waals surface area contributed by atoms with E-state index >= 15 is 0 Å². The number of thioether (sulfide) groups is 1. The normalized spacial score (nSPS) is 15.8. The molecule has 1 saturated heterocycles. The number of anilines is 1. The number of hydrogen-bond acceptors (Lipinski definition) is 6. The summed E-state index contributed by atoms with van der Waals surface area (Å²) in [6.45, 7) is 0. The van der Waals surface area contributed by atoms with Gasteiger partial charge in [-0.15, -0.1) is 0 Å². The van der Waals surface area contributed by atoms with Crippen molar-refractivity contribution in [1.29, 1.82) is 0 Å². The Kier molecular flexibility index (Phi) is 4.67. The monoisotopic (exact) mass is 357 g/mol. The van der Waals surface area contributed by atoms with E-state index in [9.17, 15) is 14.7 Å². The van der Waals surface area contributed by atoms with E-state index in [2.05, 4.69) is 0 Å². The molecule has 1 heterocycles. The Hall–Kier alpha value is -2.93. The number of carbonyl (C=O) groups excluding carboxylic acids is 2. The third-order valence-electron chi connectivity index (χ3n) is 3.62. The van der Waals surface area contributed by atoms with E-state index in [1.165, 1.54) is 20.3 Å². The van der Waals surface area contributed by atoms with Crippen molar-refractivity contribution in [2.24, 2.45) is 0 Å². The summed E-state index contributed by atoms with van der Waals surface area (Å²) in [5.74, 6) is 0.309. The van der Waals surface area contributed by atoms with Gasteiger partial charge in [0.05, 0.1) is 24.8 Å². The Morgan fingerprint density at radius 2 is 1.76 bits per heavy atom. The van der Waals surface area contributed by atoms with Crippen LogP contribution in [0, 0.1) is 0 Å². The van der Waals surface area contributed by atoms with E-state index in [1.807, 2.05) is 0 Å². The van der Waals surface area contributed by atoms with Crippen LogP contribution < -0.4 is 14.4 Å². The molecule has 2 aromatic rings. The van der Waals surface area contributed by atoms with Gasteiger partial charge in [0, 0.05) is 0 Å². The van der Waals surface area contributed by atoms with Gasteiger partial charge in [0.15, 0.2) is 11.5 Å². The maximum absolute atomic E-state index is 12.7. The molecule has 25 heavy (non-hydrogen) atoms. The maximum atomic E-state index is 12.7. The number of amides is 2. The fraction of sp³-hybridized carbons (Fsp3) is 0.111. The van der Waals surface area contributed by atoms with Gasteiger partial charge < -0.3 is 14.6 Å². The zero-order valence-electron chi connectivity index (χ0n) is 13.6. The summed E-state index contributed by atoms with van der Waals surface area (Å²) in [4.78, 5) is 26.4. The number of phenols is 1. The lowest BCUT2D eigenvalue weighted by atomic mass is 10.2. The van der Waals surface area contributed by atoms with E-state index in [4.69, 9.17) is 9.47 Å². The van der Waals surface area contributed by atoms with Crippen molar-refractivity contribution >= 4 is 34.7 Å². The zero-order chi connectivity index (χ0) is 18.0.